The van der Waals surface area contributed by atoms with Gasteiger partial charge in [-0.25, -0.2) is 14.2 Å². The fraction of sp³-hybridized carbons (Fsp3) is 0.619. The van der Waals surface area contributed by atoms with E-state index < -0.39 is 17.6 Å². The average Bonchev–Trinajstić information content (AvgIpc) is 2.94. The van der Waals surface area contributed by atoms with Crippen LogP contribution in [-0.4, -0.2) is 57.6 Å². The van der Waals surface area contributed by atoms with Gasteiger partial charge in [0.1, 0.15) is 28.6 Å². The fourth-order valence-electron chi connectivity index (χ4n) is 5.40. The van der Waals surface area contributed by atoms with E-state index in [0.717, 1.165) is 12.8 Å². The first-order valence-corrected chi connectivity index (χ1v) is 12.2. The fourth-order valence-corrected chi connectivity index (χ4v) is 6.19. The Labute approximate surface area is 204 Å². The molecule has 1 aromatic carbocycles. The molecule has 32 heavy (non-hydrogen) atoms. The van der Waals surface area contributed by atoms with Crippen molar-refractivity contribution in [2.45, 2.75) is 76.5 Å². The first-order chi connectivity index (χ1) is 15.0. The Bertz CT molecular complexity index is 1030. The molecule has 1 unspecified atom stereocenters. The number of amides is 1. The second kappa shape index (κ2) is 7.61. The number of nitrogens with zero attached hydrogens (tertiary/aromatic N) is 3. The lowest BCUT2D eigenvalue weighted by Gasteiger charge is -2.49. The maximum atomic E-state index is 15.1. The third-order valence-electron chi connectivity index (χ3n) is 6.49. The smallest absolute Gasteiger partial charge is 0.410 e. The molecule has 1 aromatic rings. The van der Waals surface area contributed by atoms with Gasteiger partial charge in [0.2, 0.25) is 0 Å². The number of nitrogens with one attached hydrogen (secondary N) is 1. The zero-order chi connectivity index (χ0) is 23.1. The number of ether oxygens (including phenoxy) is 2. The van der Waals surface area contributed by atoms with E-state index in [-0.39, 0.29) is 50.8 Å². The Balaban J connectivity index is 1.60. The number of carbonyl (C=O) groups excluding carboxylic acids is 1. The van der Waals surface area contributed by atoms with Crippen molar-refractivity contribution in [3.05, 3.63) is 20.9 Å². The van der Waals surface area contributed by atoms with Gasteiger partial charge in [0.05, 0.1) is 27.8 Å². The van der Waals surface area contributed by atoms with Crippen molar-refractivity contribution in [2.75, 3.05) is 11.9 Å². The number of rotatable bonds is 0. The van der Waals surface area contributed by atoms with E-state index in [9.17, 15) is 4.79 Å². The molecule has 2 saturated heterocycles. The predicted molar refractivity (Wildman–Crippen MR) is 124 cm³/mol. The number of fused-ring (bicyclic) bond motifs is 5. The second-order valence-corrected chi connectivity index (χ2v) is 11.2. The number of benzene rings is 1. The molecule has 0 aromatic heterocycles. The molecule has 1 N–H and O–H groups in total. The van der Waals surface area contributed by atoms with E-state index >= 15 is 4.39 Å². The first kappa shape index (κ1) is 22.5. The summed E-state index contributed by atoms with van der Waals surface area (Å²) >= 11 is 16.0. The summed E-state index contributed by atoms with van der Waals surface area (Å²) in [7, 11) is 0. The minimum atomic E-state index is -0.589. The predicted octanol–water partition coefficient (Wildman–Crippen LogP) is 5.49. The van der Waals surface area contributed by atoms with Crippen LogP contribution in [0.5, 0.6) is 5.75 Å². The van der Waals surface area contributed by atoms with Crippen molar-refractivity contribution in [1.82, 2.24) is 9.80 Å². The molecule has 4 heterocycles. The van der Waals surface area contributed by atoms with Crippen molar-refractivity contribution in [3.8, 4) is 5.75 Å². The summed E-state index contributed by atoms with van der Waals surface area (Å²) in [5.74, 6) is -0.168. The molecule has 11 heteroatoms. The van der Waals surface area contributed by atoms with Gasteiger partial charge in [0.15, 0.2) is 11.1 Å². The highest BCUT2D eigenvalue weighted by Crippen LogP contribution is 2.53. The van der Waals surface area contributed by atoms with Crippen LogP contribution >= 0.6 is 39.1 Å². The zero-order valence-corrected chi connectivity index (χ0v) is 21.2. The van der Waals surface area contributed by atoms with Gasteiger partial charge in [0.25, 0.3) is 0 Å². The number of carbonyl (C=O) groups is 1. The molecule has 5 rings (SSSR count). The number of aliphatic imine (C=N–C) groups is 1. The van der Waals surface area contributed by atoms with Gasteiger partial charge >= 0.3 is 6.09 Å². The minimum absolute atomic E-state index is 0.0390. The van der Waals surface area contributed by atoms with E-state index in [1.165, 1.54) is 0 Å². The summed E-state index contributed by atoms with van der Waals surface area (Å²) < 4.78 is 27.3. The van der Waals surface area contributed by atoms with Gasteiger partial charge in [-0.15, -0.1) is 0 Å². The highest BCUT2D eigenvalue weighted by Gasteiger charge is 2.56. The summed E-state index contributed by atoms with van der Waals surface area (Å²) in [6, 6.07) is -0.369. The molecule has 2 fully saturated rings. The molecule has 4 aliphatic rings. The summed E-state index contributed by atoms with van der Waals surface area (Å²) in [5, 5.41) is 3.07. The van der Waals surface area contributed by atoms with Crippen molar-refractivity contribution >= 4 is 56.2 Å². The molecular weight excluding hydrogens is 526 g/mol. The highest BCUT2D eigenvalue weighted by molar-refractivity contribution is 9.10. The third-order valence-corrected chi connectivity index (χ3v) is 8.01. The largest absolute Gasteiger partial charge is 0.487 e. The van der Waals surface area contributed by atoms with Gasteiger partial charge in [0, 0.05) is 12.6 Å². The quantitative estimate of drug-likeness (QED) is 0.342. The molecule has 7 nitrogen and oxygen atoms in total. The number of anilines is 1. The van der Waals surface area contributed by atoms with Gasteiger partial charge in [-0.2, -0.15) is 0 Å². The first-order valence-electron chi connectivity index (χ1n) is 10.6. The summed E-state index contributed by atoms with van der Waals surface area (Å²) in [4.78, 5) is 21.7. The molecule has 5 atom stereocenters. The van der Waals surface area contributed by atoms with Crippen LogP contribution in [0.2, 0.25) is 5.02 Å². The summed E-state index contributed by atoms with van der Waals surface area (Å²) in [6.45, 7) is 8.07. The summed E-state index contributed by atoms with van der Waals surface area (Å²) in [5.41, 5.74) is 0.143. The van der Waals surface area contributed by atoms with Crippen LogP contribution in [0.15, 0.2) is 9.47 Å². The van der Waals surface area contributed by atoms with E-state index in [2.05, 4.69) is 31.1 Å². The van der Waals surface area contributed by atoms with Crippen LogP contribution < -0.4 is 10.1 Å². The van der Waals surface area contributed by atoms with Crippen LogP contribution in [0.25, 0.3) is 0 Å². The number of piperazine rings is 1. The molecule has 0 spiro atoms. The van der Waals surface area contributed by atoms with E-state index in [1.807, 2.05) is 32.6 Å². The second-order valence-electron chi connectivity index (χ2n) is 9.67. The van der Waals surface area contributed by atoms with Gasteiger partial charge in [-0.05, 0) is 68.1 Å². The Morgan fingerprint density at radius 3 is 2.75 bits per heavy atom. The SMILES string of the molecule is C[C@@H]1Oc2c(Cl)c(Br)c(F)c3c2C(N=C(Cl)N3)N2C[C@H]3CC[C@@H]([C@@H]12)N3C(=O)OC(C)(C)C. The van der Waals surface area contributed by atoms with Crippen LogP contribution in [0, 0.1) is 5.82 Å². The van der Waals surface area contributed by atoms with E-state index in [1.54, 1.807) is 0 Å². The van der Waals surface area contributed by atoms with Crippen molar-refractivity contribution in [2.24, 2.45) is 4.99 Å². The molecule has 0 saturated carbocycles. The van der Waals surface area contributed by atoms with Crippen molar-refractivity contribution in [1.29, 1.82) is 0 Å². The van der Waals surface area contributed by atoms with Gasteiger partial charge < -0.3 is 14.8 Å². The van der Waals surface area contributed by atoms with Gasteiger partial charge in [-0.3, -0.25) is 9.80 Å². The van der Waals surface area contributed by atoms with Crippen molar-refractivity contribution in [3.63, 3.8) is 0 Å². The molecule has 2 bridgehead atoms. The lowest BCUT2D eigenvalue weighted by Crippen LogP contribution is -2.65. The topological polar surface area (TPSA) is 66.4 Å². The van der Waals surface area contributed by atoms with E-state index in [4.69, 9.17) is 32.7 Å². The number of hydrogen-bond donors (Lipinski definition) is 1. The normalized spacial score (nSPS) is 31.1. The molecule has 0 radical (unpaired) electrons. The maximum Gasteiger partial charge on any atom is 0.410 e. The van der Waals surface area contributed by atoms with Crippen LogP contribution in [0.3, 0.4) is 0 Å². The number of halogens is 4. The Kier molecular flexibility index (Phi) is 5.35. The molecule has 0 aliphatic carbocycles. The van der Waals surface area contributed by atoms with Crippen LogP contribution in [0.4, 0.5) is 14.9 Å². The number of hydrogen-bond acceptors (Lipinski definition) is 6. The highest BCUT2D eigenvalue weighted by atomic mass is 79.9. The lowest BCUT2D eigenvalue weighted by molar-refractivity contribution is -0.0530. The molecule has 174 valence electrons. The average molecular weight is 550 g/mol. The van der Waals surface area contributed by atoms with Gasteiger partial charge in [-0.1, -0.05) is 11.6 Å². The Morgan fingerprint density at radius 2 is 2.06 bits per heavy atom. The minimum Gasteiger partial charge on any atom is -0.487 e. The third kappa shape index (κ3) is 3.38. The Morgan fingerprint density at radius 1 is 1.34 bits per heavy atom. The van der Waals surface area contributed by atoms with E-state index in [0.29, 0.717) is 17.9 Å². The number of amidine groups is 1. The maximum absolute atomic E-state index is 15.1. The zero-order valence-electron chi connectivity index (χ0n) is 18.1. The van der Waals surface area contributed by atoms with Crippen LogP contribution in [0.1, 0.15) is 52.3 Å². The standard InChI is InChI=1S/C21H24BrCl2FN4O3/c1-8-16-10-6-5-9(29(10)20(30)32-21(2,3)4)7-28(16)18-11-15(26-19(24)27-18)14(25)12(22)13(23)17(11)31-8/h8-10,16,18H,5-7H2,1-4H3,(H,26,27)/t8-,9+,10-,16+,18?/m0/s1. The van der Waals surface area contributed by atoms with Crippen molar-refractivity contribution < 1.29 is 18.7 Å². The Hall–Kier alpha value is -1.29. The van der Waals surface area contributed by atoms with Crippen LogP contribution in [-0.2, 0) is 4.74 Å². The summed E-state index contributed by atoms with van der Waals surface area (Å²) in [6.07, 6.45) is 0.422. The lowest BCUT2D eigenvalue weighted by atomic mass is 9.96. The monoisotopic (exact) mass is 548 g/mol. The molecule has 4 aliphatic heterocycles. The molecule has 1 amide bonds. The molecular formula is C21H24BrCl2FN4O3.